The first-order chi connectivity index (χ1) is 5.75. The lowest BCUT2D eigenvalue weighted by Crippen LogP contribution is -2.01. The fourth-order valence-electron chi connectivity index (χ4n) is 1.18. The van der Waals surface area contributed by atoms with Gasteiger partial charge in [-0.25, -0.2) is 0 Å². The Kier molecular flexibility index (Phi) is 1.37. The van der Waals surface area contributed by atoms with Crippen LogP contribution in [0.2, 0.25) is 0 Å². The third-order valence-corrected chi connectivity index (χ3v) is 1.77. The maximum absolute atomic E-state index is 10.9. The fourth-order valence-corrected chi connectivity index (χ4v) is 1.18. The van der Waals surface area contributed by atoms with Gasteiger partial charge in [-0.2, -0.15) is 0 Å². The first kappa shape index (κ1) is 6.91. The highest BCUT2D eigenvalue weighted by Gasteiger charge is 1.93. The van der Waals surface area contributed by atoms with Crippen molar-refractivity contribution in [2.24, 2.45) is 0 Å². The Balaban J connectivity index is 2.89. The highest BCUT2D eigenvalue weighted by molar-refractivity contribution is 5.84. The molecule has 0 atom stereocenters. The van der Waals surface area contributed by atoms with Gasteiger partial charge in [0.25, 0.3) is 0 Å². The van der Waals surface area contributed by atoms with Crippen molar-refractivity contribution in [2.75, 3.05) is 5.73 Å². The Morgan fingerprint density at radius 3 is 2.83 bits per heavy atom. The van der Waals surface area contributed by atoms with Crippen molar-refractivity contribution >= 4 is 16.5 Å². The molecular weight excluding hydrogens is 152 g/mol. The first-order valence-corrected chi connectivity index (χ1v) is 3.64. The molecule has 0 radical (unpaired) electrons. The molecule has 0 aliphatic rings. The Hall–Kier alpha value is -1.77. The second-order valence-electron chi connectivity index (χ2n) is 2.69. The first-order valence-electron chi connectivity index (χ1n) is 3.64. The predicted molar refractivity (Wildman–Crippen MR) is 49.0 cm³/mol. The molecule has 3 nitrogen and oxygen atoms in total. The number of anilines is 1. The number of rotatable bonds is 0. The number of benzene rings is 1. The third-order valence-electron chi connectivity index (χ3n) is 1.77. The van der Waals surface area contributed by atoms with E-state index in [1.807, 2.05) is 6.07 Å². The van der Waals surface area contributed by atoms with Crippen LogP contribution >= 0.6 is 0 Å². The lowest BCUT2D eigenvalue weighted by molar-refractivity contribution is 1.27. The van der Waals surface area contributed by atoms with Crippen LogP contribution in [0.1, 0.15) is 0 Å². The number of hydrogen-bond acceptors (Lipinski definition) is 2. The summed E-state index contributed by atoms with van der Waals surface area (Å²) >= 11 is 0. The smallest absolute Gasteiger partial charge is 0.248 e. The number of nitrogen functional groups attached to an aromatic ring is 1. The zero-order chi connectivity index (χ0) is 8.55. The van der Waals surface area contributed by atoms with E-state index in [1.165, 1.54) is 6.07 Å². The van der Waals surface area contributed by atoms with E-state index in [4.69, 9.17) is 5.73 Å². The number of nitrogens with two attached hydrogens (primary N) is 1. The lowest BCUT2D eigenvalue weighted by atomic mass is 10.1. The minimum absolute atomic E-state index is 0.104. The zero-order valence-corrected chi connectivity index (χ0v) is 6.37. The molecule has 3 heteroatoms. The van der Waals surface area contributed by atoms with Crippen molar-refractivity contribution in [2.45, 2.75) is 0 Å². The van der Waals surface area contributed by atoms with Crippen molar-refractivity contribution in [3.05, 3.63) is 40.8 Å². The average Bonchev–Trinajstić information content (AvgIpc) is 2.03. The molecule has 0 fully saturated rings. The van der Waals surface area contributed by atoms with Gasteiger partial charge in [0.2, 0.25) is 5.56 Å². The molecule has 0 spiro atoms. The van der Waals surface area contributed by atoms with Crippen LogP contribution in [0.4, 0.5) is 5.69 Å². The Morgan fingerprint density at radius 2 is 2.00 bits per heavy atom. The van der Waals surface area contributed by atoms with Gasteiger partial charge in [-0.05, 0) is 22.9 Å². The summed E-state index contributed by atoms with van der Waals surface area (Å²) in [6.45, 7) is 0. The van der Waals surface area contributed by atoms with Gasteiger partial charge in [0.1, 0.15) is 0 Å². The van der Waals surface area contributed by atoms with Crippen LogP contribution < -0.4 is 11.3 Å². The molecule has 0 bridgehead atoms. The van der Waals surface area contributed by atoms with E-state index in [-0.39, 0.29) is 5.56 Å². The second kappa shape index (κ2) is 2.37. The van der Waals surface area contributed by atoms with E-state index in [0.29, 0.717) is 5.69 Å². The van der Waals surface area contributed by atoms with Gasteiger partial charge in [0.05, 0.1) is 0 Å². The summed E-state index contributed by atoms with van der Waals surface area (Å²) in [6.07, 6.45) is 1.68. The molecule has 12 heavy (non-hydrogen) atoms. The van der Waals surface area contributed by atoms with Gasteiger partial charge >= 0.3 is 0 Å². The summed E-state index contributed by atoms with van der Waals surface area (Å²) in [6, 6.07) is 7.00. The van der Waals surface area contributed by atoms with Gasteiger partial charge in [0.15, 0.2) is 0 Å². The van der Waals surface area contributed by atoms with E-state index < -0.39 is 0 Å². The Labute approximate surface area is 68.8 Å². The number of fused-ring (bicyclic) bond motifs is 1. The van der Waals surface area contributed by atoms with E-state index in [0.717, 1.165) is 10.8 Å². The highest BCUT2D eigenvalue weighted by Crippen LogP contribution is 2.13. The molecule has 0 aliphatic heterocycles. The van der Waals surface area contributed by atoms with E-state index in [9.17, 15) is 4.79 Å². The van der Waals surface area contributed by atoms with Crippen LogP contribution in [0.15, 0.2) is 35.3 Å². The molecule has 3 N–H and O–H groups in total. The minimum Gasteiger partial charge on any atom is -0.399 e. The van der Waals surface area contributed by atoms with Crippen molar-refractivity contribution in [3.8, 4) is 0 Å². The summed E-state index contributed by atoms with van der Waals surface area (Å²) in [5.74, 6) is 0. The van der Waals surface area contributed by atoms with Crippen molar-refractivity contribution in [3.63, 3.8) is 0 Å². The molecular formula is C9H8N2O. The largest absolute Gasteiger partial charge is 0.399 e. The molecule has 60 valence electrons. The van der Waals surface area contributed by atoms with Crippen molar-refractivity contribution in [1.29, 1.82) is 0 Å². The highest BCUT2D eigenvalue weighted by atomic mass is 16.1. The summed E-state index contributed by atoms with van der Waals surface area (Å²) < 4.78 is 0. The van der Waals surface area contributed by atoms with Crippen LogP contribution in [0.25, 0.3) is 10.8 Å². The maximum Gasteiger partial charge on any atom is 0.248 e. The van der Waals surface area contributed by atoms with Gasteiger partial charge in [-0.15, -0.1) is 0 Å². The standard InChI is InChI=1S/C9H8N2O/c10-8-2-1-6-5-11-9(12)4-7(6)3-8/h1-5H,10H2,(H,11,12). The summed E-state index contributed by atoms with van der Waals surface area (Å²) in [5, 5.41) is 1.86. The molecule has 0 aliphatic carbocycles. The van der Waals surface area contributed by atoms with Crippen molar-refractivity contribution in [1.82, 2.24) is 4.98 Å². The molecule has 2 rings (SSSR count). The summed E-state index contributed by atoms with van der Waals surface area (Å²) in [5.41, 5.74) is 6.13. The summed E-state index contributed by atoms with van der Waals surface area (Å²) in [7, 11) is 0. The average molecular weight is 160 g/mol. The van der Waals surface area contributed by atoms with Crippen LogP contribution in [0.5, 0.6) is 0 Å². The molecule has 2 aromatic rings. The number of hydrogen-bond donors (Lipinski definition) is 2. The molecule has 0 saturated heterocycles. The lowest BCUT2D eigenvalue weighted by Gasteiger charge is -1.96. The van der Waals surface area contributed by atoms with Gasteiger partial charge in [-0.1, -0.05) is 6.07 Å². The SMILES string of the molecule is Nc1ccc2c[nH]c(=O)cc2c1. The predicted octanol–water partition coefficient (Wildman–Crippen LogP) is 1.11. The molecule has 0 amide bonds. The van der Waals surface area contributed by atoms with Crippen molar-refractivity contribution < 1.29 is 0 Å². The number of aromatic nitrogens is 1. The van der Waals surface area contributed by atoms with Crippen LogP contribution in [-0.2, 0) is 0 Å². The molecule has 1 aromatic carbocycles. The topological polar surface area (TPSA) is 58.9 Å². The van der Waals surface area contributed by atoms with Gasteiger partial charge < -0.3 is 10.7 Å². The van der Waals surface area contributed by atoms with E-state index in [1.54, 1.807) is 18.3 Å². The van der Waals surface area contributed by atoms with E-state index >= 15 is 0 Å². The molecule has 0 unspecified atom stereocenters. The van der Waals surface area contributed by atoms with Gasteiger partial charge in [0, 0.05) is 18.0 Å². The van der Waals surface area contributed by atoms with Crippen LogP contribution in [-0.4, -0.2) is 4.98 Å². The number of pyridine rings is 1. The van der Waals surface area contributed by atoms with Crippen LogP contribution in [0.3, 0.4) is 0 Å². The number of H-pyrrole nitrogens is 1. The second-order valence-corrected chi connectivity index (χ2v) is 2.69. The quantitative estimate of drug-likeness (QED) is 0.567. The van der Waals surface area contributed by atoms with Gasteiger partial charge in [-0.3, -0.25) is 4.79 Å². The number of aromatic amines is 1. The monoisotopic (exact) mass is 160 g/mol. The summed E-state index contributed by atoms with van der Waals surface area (Å²) in [4.78, 5) is 13.5. The van der Waals surface area contributed by atoms with Crippen LogP contribution in [0, 0.1) is 0 Å². The zero-order valence-electron chi connectivity index (χ0n) is 6.37. The molecule has 1 aromatic heterocycles. The Bertz CT molecular complexity index is 473. The third kappa shape index (κ3) is 1.05. The Morgan fingerprint density at radius 1 is 1.17 bits per heavy atom. The molecule has 0 saturated carbocycles. The molecule has 1 heterocycles. The normalized spacial score (nSPS) is 10.3. The minimum atomic E-state index is -0.104. The maximum atomic E-state index is 10.9. The number of nitrogens with one attached hydrogen (secondary N) is 1. The fraction of sp³-hybridized carbons (Fsp3) is 0. The van der Waals surface area contributed by atoms with E-state index in [2.05, 4.69) is 4.98 Å².